The second kappa shape index (κ2) is 2.54. The van der Waals surface area contributed by atoms with Crippen LogP contribution in [-0.2, 0) is 6.61 Å². The fraction of sp³-hybridized carbons (Fsp3) is 0.250. The van der Waals surface area contributed by atoms with Gasteiger partial charge in [-0.25, -0.2) is 0 Å². The molecule has 0 spiro atoms. The van der Waals surface area contributed by atoms with E-state index in [1.54, 1.807) is 0 Å². The molecule has 0 aliphatic carbocycles. The van der Waals surface area contributed by atoms with Crippen molar-refractivity contribution >= 4 is 5.91 Å². The molecule has 0 bridgehead atoms. The number of carbonyl (C=O) groups is 1. The number of nitrogens with two attached hydrogens (primary N) is 1. The number of aliphatic hydroxyl groups excluding tert-OH is 1. The Balaban J connectivity index is 3.15. The number of amides is 1. The lowest BCUT2D eigenvalue weighted by Crippen LogP contribution is -2.29. The molecular formula is C4H5N3O4. The molecule has 0 aliphatic rings. The molecule has 3 N–H and O–H groups in total. The van der Waals surface area contributed by atoms with Crippen LogP contribution in [0.3, 0.4) is 0 Å². The summed E-state index contributed by atoms with van der Waals surface area (Å²) in [5.74, 6) is -0.910. The molecule has 0 aromatic carbocycles. The lowest BCUT2D eigenvalue weighted by Gasteiger charge is -1.88. The minimum Gasteiger partial charge on any atom is -0.388 e. The van der Waals surface area contributed by atoms with Crippen LogP contribution >= 0.6 is 0 Å². The monoisotopic (exact) mass is 159 g/mol. The molecule has 1 aromatic rings. The highest BCUT2D eigenvalue weighted by molar-refractivity contribution is 5.91. The fourth-order valence-electron chi connectivity index (χ4n) is 0.586. The smallest absolute Gasteiger partial charge is 0.310 e. The van der Waals surface area contributed by atoms with Crippen LogP contribution in [0.1, 0.15) is 16.2 Å². The van der Waals surface area contributed by atoms with Gasteiger partial charge in [-0.2, -0.15) is 0 Å². The van der Waals surface area contributed by atoms with Gasteiger partial charge >= 0.3 is 5.69 Å². The van der Waals surface area contributed by atoms with E-state index in [2.05, 4.69) is 9.79 Å². The van der Waals surface area contributed by atoms with Crippen molar-refractivity contribution in [2.45, 2.75) is 6.61 Å². The Bertz CT molecular complexity index is 281. The van der Waals surface area contributed by atoms with Crippen molar-refractivity contribution < 1.29 is 19.4 Å². The molecule has 1 heterocycles. The van der Waals surface area contributed by atoms with Gasteiger partial charge in [-0.15, -0.1) is 0 Å². The molecule has 0 atom stereocenters. The summed E-state index contributed by atoms with van der Waals surface area (Å²) in [6.07, 6.45) is 0. The van der Waals surface area contributed by atoms with Crippen molar-refractivity contribution in [2.24, 2.45) is 5.73 Å². The fourth-order valence-corrected chi connectivity index (χ4v) is 0.586. The van der Waals surface area contributed by atoms with E-state index in [1.165, 1.54) is 0 Å². The van der Waals surface area contributed by atoms with Crippen molar-refractivity contribution in [3.05, 3.63) is 16.6 Å². The summed E-state index contributed by atoms with van der Waals surface area (Å²) >= 11 is 0. The van der Waals surface area contributed by atoms with E-state index in [9.17, 15) is 10.0 Å². The summed E-state index contributed by atoms with van der Waals surface area (Å²) in [4.78, 5) is 10.4. The number of aliphatic hydroxyl groups is 1. The third-order valence-corrected chi connectivity index (χ3v) is 1.08. The number of hydrogen-bond donors (Lipinski definition) is 2. The summed E-state index contributed by atoms with van der Waals surface area (Å²) in [6.45, 7) is -0.634. The number of primary amides is 1. The molecule has 0 aliphatic heterocycles. The normalized spacial score (nSPS) is 9.91. The first kappa shape index (κ1) is 7.48. The van der Waals surface area contributed by atoms with Gasteiger partial charge in [0.25, 0.3) is 5.91 Å². The van der Waals surface area contributed by atoms with E-state index in [0.29, 0.717) is 0 Å². The first-order valence-electron chi connectivity index (χ1n) is 2.66. The third kappa shape index (κ3) is 1.13. The highest BCUT2D eigenvalue weighted by Gasteiger charge is 2.22. The second-order valence-electron chi connectivity index (χ2n) is 1.75. The molecule has 0 unspecified atom stereocenters. The molecule has 7 nitrogen and oxygen atoms in total. The van der Waals surface area contributed by atoms with Crippen LogP contribution in [0.25, 0.3) is 0 Å². The van der Waals surface area contributed by atoms with Gasteiger partial charge in [0.1, 0.15) is 6.61 Å². The predicted molar refractivity (Wildman–Crippen MR) is 29.9 cm³/mol. The first-order valence-corrected chi connectivity index (χ1v) is 2.66. The average molecular weight is 159 g/mol. The molecule has 0 saturated heterocycles. The van der Waals surface area contributed by atoms with Crippen LogP contribution in [0.15, 0.2) is 4.63 Å². The topological polar surface area (TPSA) is 116 Å². The zero-order chi connectivity index (χ0) is 8.43. The molecular weight excluding hydrogens is 154 g/mol. The highest BCUT2D eigenvalue weighted by Crippen LogP contribution is 1.97. The van der Waals surface area contributed by atoms with Crippen LogP contribution in [0, 0.1) is 5.21 Å². The minimum atomic E-state index is -0.910. The molecule has 0 fully saturated rings. The minimum absolute atomic E-state index is 0.0694. The number of nitrogens with zero attached hydrogens (tertiary/aromatic N) is 2. The summed E-state index contributed by atoms with van der Waals surface area (Å²) in [6, 6.07) is 0. The maximum absolute atomic E-state index is 10.5. The van der Waals surface area contributed by atoms with E-state index >= 15 is 0 Å². The number of hydrogen-bond acceptors (Lipinski definition) is 5. The quantitative estimate of drug-likeness (QED) is 0.479. The van der Waals surface area contributed by atoms with E-state index < -0.39 is 12.5 Å². The molecule has 0 radical (unpaired) electrons. The first-order chi connectivity index (χ1) is 5.16. The van der Waals surface area contributed by atoms with E-state index in [-0.39, 0.29) is 16.3 Å². The summed E-state index contributed by atoms with van der Waals surface area (Å²) in [5, 5.41) is 22.0. The zero-order valence-corrected chi connectivity index (χ0v) is 5.35. The van der Waals surface area contributed by atoms with Crippen LogP contribution in [-0.4, -0.2) is 16.2 Å². The molecule has 7 heteroatoms. The molecule has 1 amide bonds. The average Bonchev–Trinajstić information content (AvgIpc) is 2.30. The van der Waals surface area contributed by atoms with Gasteiger partial charge in [0, 0.05) is 0 Å². The molecule has 60 valence electrons. The molecule has 11 heavy (non-hydrogen) atoms. The van der Waals surface area contributed by atoms with Gasteiger partial charge in [0.2, 0.25) is 5.69 Å². The Morgan fingerprint density at radius 3 is 2.91 bits per heavy atom. The zero-order valence-electron chi connectivity index (χ0n) is 5.35. The van der Waals surface area contributed by atoms with Crippen molar-refractivity contribution in [1.82, 2.24) is 5.16 Å². The highest BCUT2D eigenvalue weighted by atomic mass is 16.8. The largest absolute Gasteiger partial charge is 0.388 e. The van der Waals surface area contributed by atoms with Crippen LogP contribution in [0.4, 0.5) is 0 Å². The van der Waals surface area contributed by atoms with Gasteiger partial charge in [0.15, 0.2) is 0 Å². The van der Waals surface area contributed by atoms with Crippen molar-refractivity contribution in [3.8, 4) is 0 Å². The Morgan fingerprint density at radius 2 is 2.55 bits per heavy atom. The van der Waals surface area contributed by atoms with E-state index in [1.807, 2.05) is 0 Å². The lowest BCUT2D eigenvalue weighted by molar-refractivity contribution is -0.809. The summed E-state index contributed by atoms with van der Waals surface area (Å²) in [7, 11) is 0. The van der Waals surface area contributed by atoms with E-state index in [4.69, 9.17) is 10.8 Å². The second-order valence-corrected chi connectivity index (χ2v) is 1.75. The Labute approximate surface area is 60.6 Å². The Kier molecular flexibility index (Phi) is 1.73. The SMILES string of the molecule is NC(=O)c1no[n+]([O-])c1CO. The van der Waals surface area contributed by atoms with Gasteiger partial charge in [-0.1, -0.05) is 0 Å². The lowest BCUT2D eigenvalue weighted by atomic mass is 10.3. The van der Waals surface area contributed by atoms with Crippen LogP contribution in [0.2, 0.25) is 0 Å². The van der Waals surface area contributed by atoms with Gasteiger partial charge in [-0.3, -0.25) is 9.42 Å². The third-order valence-electron chi connectivity index (χ3n) is 1.08. The standard InChI is InChI=1S/C4H5N3O4/c5-4(9)3-2(1-8)7(10)11-6-3/h8H,1H2,(H2,5,9). The van der Waals surface area contributed by atoms with Crippen LogP contribution < -0.4 is 10.6 Å². The van der Waals surface area contributed by atoms with Gasteiger partial charge in [-0.05, 0) is 4.90 Å². The van der Waals surface area contributed by atoms with Gasteiger partial charge < -0.3 is 16.0 Å². The van der Waals surface area contributed by atoms with Gasteiger partial charge in [0.05, 0.1) is 5.16 Å². The van der Waals surface area contributed by atoms with Crippen molar-refractivity contribution in [2.75, 3.05) is 0 Å². The van der Waals surface area contributed by atoms with E-state index in [0.717, 1.165) is 0 Å². The maximum Gasteiger partial charge on any atom is 0.310 e. The summed E-state index contributed by atoms with van der Waals surface area (Å²) in [5.41, 5.74) is 4.15. The van der Waals surface area contributed by atoms with Crippen molar-refractivity contribution in [3.63, 3.8) is 0 Å². The molecule has 1 aromatic heterocycles. The summed E-state index contributed by atoms with van der Waals surface area (Å²) < 4.78 is 4.00. The predicted octanol–water partition coefficient (Wildman–Crippen LogP) is -2.10. The maximum atomic E-state index is 10.5. The van der Waals surface area contributed by atoms with Crippen molar-refractivity contribution in [1.29, 1.82) is 0 Å². The Morgan fingerprint density at radius 1 is 1.91 bits per heavy atom. The Hall–Kier alpha value is -1.63. The molecule has 0 saturated carbocycles. The number of carbonyl (C=O) groups excluding carboxylic acids is 1. The number of rotatable bonds is 2. The number of aromatic nitrogens is 2. The molecule has 1 rings (SSSR count). The van der Waals surface area contributed by atoms with Crippen LogP contribution in [0.5, 0.6) is 0 Å².